The largest absolute Gasteiger partial charge is 0.493 e. The van der Waals surface area contributed by atoms with Crippen molar-refractivity contribution in [1.82, 2.24) is 4.90 Å². The number of ether oxygens (including phenoxy) is 2. The van der Waals surface area contributed by atoms with Crippen LogP contribution < -0.4 is 9.47 Å². The molecule has 2 rings (SSSR count). The van der Waals surface area contributed by atoms with Gasteiger partial charge in [-0.15, -0.1) is 0 Å². The highest BCUT2D eigenvalue weighted by atomic mass is 32.2. The van der Waals surface area contributed by atoms with E-state index < -0.39 is 17.9 Å². The molecule has 0 aliphatic carbocycles. The van der Waals surface area contributed by atoms with E-state index in [-0.39, 0.29) is 10.2 Å². The Hall–Kier alpha value is -2.06. The van der Waals surface area contributed by atoms with Gasteiger partial charge in [0.05, 0.1) is 19.1 Å². The summed E-state index contributed by atoms with van der Waals surface area (Å²) in [6, 6.07) is 4.32. The monoisotopic (exact) mass is 381 g/mol. The number of aliphatic carboxylic acids is 1. The van der Waals surface area contributed by atoms with Gasteiger partial charge in [-0.3, -0.25) is 9.69 Å². The first kappa shape index (κ1) is 19.3. The summed E-state index contributed by atoms with van der Waals surface area (Å²) in [6.45, 7) is 3.48. The molecule has 1 heterocycles. The Morgan fingerprint density at radius 3 is 2.52 bits per heavy atom. The fourth-order valence-electron chi connectivity index (χ4n) is 2.58. The summed E-state index contributed by atoms with van der Waals surface area (Å²) < 4.78 is 10.8. The molecule has 6 nitrogen and oxygen atoms in total. The van der Waals surface area contributed by atoms with Crippen LogP contribution in [0.3, 0.4) is 0 Å². The number of thioether (sulfide) groups is 1. The molecule has 0 radical (unpaired) electrons. The van der Waals surface area contributed by atoms with Crippen molar-refractivity contribution in [1.29, 1.82) is 0 Å². The third kappa shape index (κ3) is 3.80. The van der Waals surface area contributed by atoms with E-state index in [1.165, 1.54) is 19.1 Å². The summed E-state index contributed by atoms with van der Waals surface area (Å²) in [5.41, 5.74) is 0.652. The molecule has 25 heavy (non-hydrogen) atoms. The Bertz CT molecular complexity index is 745. The molecule has 134 valence electrons. The number of benzene rings is 1. The van der Waals surface area contributed by atoms with Crippen molar-refractivity contribution in [3.63, 3.8) is 0 Å². The minimum atomic E-state index is -1.08. The van der Waals surface area contributed by atoms with Crippen molar-refractivity contribution in [2.24, 2.45) is 5.92 Å². The highest BCUT2D eigenvalue weighted by Gasteiger charge is 2.42. The Balaban J connectivity index is 2.43. The molecular formula is C17H19NO5S2. The van der Waals surface area contributed by atoms with Gasteiger partial charge in [-0.1, -0.05) is 50.0 Å². The molecule has 1 saturated heterocycles. The number of nitrogens with zero attached hydrogens (tertiary/aromatic N) is 1. The van der Waals surface area contributed by atoms with Gasteiger partial charge in [0, 0.05) is 5.56 Å². The van der Waals surface area contributed by atoms with Crippen LogP contribution in [0.25, 0.3) is 6.08 Å². The summed E-state index contributed by atoms with van der Waals surface area (Å²) in [5.74, 6) is -0.732. The lowest BCUT2D eigenvalue weighted by Gasteiger charge is -2.26. The Labute approximate surface area is 155 Å². The molecule has 1 atom stereocenters. The second-order valence-electron chi connectivity index (χ2n) is 5.66. The molecule has 1 aromatic rings. The number of carbonyl (C=O) groups is 2. The molecule has 1 N–H and O–H groups in total. The third-order valence-electron chi connectivity index (χ3n) is 3.71. The average molecular weight is 381 g/mol. The van der Waals surface area contributed by atoms with Crippen molar-refractivity contribution in [3.8, 4) is 11.5 Å². The fourth-order valence-corrected chi connectivity index (χ4v) is 3.90. The maximum absolute atomic E-state index is 12.7. The number of hydrogen-bond donors (Lipinski definition) is 1. The summed E-state index contributed by atoms with van der Waals surface area (Å²) in [7, 11) is 3.04. The predicted molar refractivity (Wildman–Crippen MR) is 101 cm³/mol. The zero-order chi connectivity index (χ0) is 18.7. The van der Waals surface area contributed by atoms with E-state index in [9.17, 15) is 14.7 Å². The fraction of sp³-hybridized carbons (Fsp3) is 0.353. The van der Waals surface area contributed by atoms with Crippen LogP contribution >= 0.6 is 24.0 Å². The number of carbonyl (C=O) groups excluding carboxylic acids is 1. The van der Waals surface area contributed by atoms with Crippen LogP contribution in [-0.2, 0) is 9.59 Å². The number of carboxylic acids is 1. The third-order valence-corrected chi connectivity index (χ3v) is 5.04. The summed E-state index contributed by atoms with van der Waals surface area (Å²) >= 11 is 6.33. The number of para-hydroxylation sites is 1. The van der Waals surface area contributed by atoms with E-state index >= 15 is 0 Å². The van der Waals surface area contributed by atoms with Gasteiger partial charge in [-0.2, -0.15) is 0 Å². The SMILES string of the molecule is COc1cccc(C=C2SC(=S)N(C(C(=O)O)C(C)C)C2=O)c1OC. The van der Waals surface area contributed by atoms with E-state index in [1.807, 2.05) is 0 Å². The molecule has 1 aromatic carbocycles. The van der Waals surface area contributed by atoms with Gasteiger partial charge < -0.3 is 14.6 Å². The van der Waals surface area contributed by atoms with Crippen molar-refractivity contribution in [2.75, 3.05) is 14.2 Å². The molecule has 1 aliphatic heterocycles. The first-order valence-electron chi connectivity index (χ1n) is 7.52. The van der Waals surface area contributed by atoms with Gasteiger partial charge >= 0.3 is 5.97 Å². The lowest BCUT2D eigenvalue weighted by Crippen LogP contribution is -2.47. The van der Waals surface area contributed by atoms with E-state index in [0.29, 0.717) is 22.0 Å². The first-order valence-corrected chi connectivity index (χ1v) is 8.75. The molecule has 8 heteroatoms. The van der Waals surface area contributed by atoms with E-state index in [2.05, 4.69) is 0 Å². The van der Waals surface area contributed by atoms with Crippen LogP contribution in [0, 0.1) is 5.92 Å². The van der Waals surface area contributed by atoms with E-state index in [0.717, 1.165) is 11.8 Å². The normalized spacial score (nSPS) is 17.3. The minimum absolute atomic E-state index is 0.235. The Kier molecular flexibility index (Phi) is 6.07. The number of carboxylic acid groups (broad SMARTS) is 1. The standard InChI is InChI=1S/C17H19NO5S2/c1-9(2)13(16(20)21)18-15(19)12(25-17(18)24)8-10-6-5-7-11(22-3)14(10)23-4/h5-9,13H,1-4H3,(H,20,21). The van der Waals surface area contributed by atoms with Crippen LogP contribution in [0.15, 0.2) is 23.1 Å². The molecule has 0 saturated carbocycles. The van der Waals surface area contributed by atoms with Gasteiger partial charge in [0.2, 0.25) is 0 Å². The second-order valence-corrected chi connectivity index (χ2v) is 7.34. The zero-order valence-electron chi connectivity index (χ0n) is 14.3. The number of amides is 1. The van der Waals surface area contributed by atoms with Gasteiger partial charge in [-0.05, 0) is 18.1 Å². The molecule has 0 bridgehead atoms. The summed E-state index contributed by atoms with van der Waals surface area (Å²) in [6.07, 6.45) is 1.64. The smallest absolute Gasteiger partial charge is 0.327 e. The lowest BCUT2D eigenvalue weighted by atomic mass is 10.0. The highest BCUT2D eigenvalue weighted by Crippen LogP contribution is 2.38. The lowest BCUT2D eigenvalue weighted by molar-refractivity contribution is -0.146. The number of thiocarbonyl (C=S) groups is 1. The second kappa shape index (κ2) is 7.88. The van der Waals surface area contributed by atoms with Crippen LogP contribution in [0.2, 0.25) is 0 Å². The van der Waals surface area contributed by atoms with Crippen molar-refractivity contribution < 1.29 is 24.2 Å². The van der Waals surface area contributed by atoms with Crippen LogP contribution in [0.5, 0.6) is 11.5 Å². The summed E-state index contributed by atoms with van der Waals surface area (Å²) in [5, 5.41) is 9.45. The molecular weight excluding hydrogens is 362 g/mol. The minimum Gasteiger partial charge on any atom is -0.493 e. The predicted octanol–water partition coefficient (Wildman–Crippen LogP) is 3.01. The van der Waals surface area contributed by atoms with Gasteiger partial charge in [-0.25, -0.2) is 4.79 Å². The molecule has 1 amide bonds. The van der Waals surface area contributed by atoms with Gasteiger partial charge in [0.1, 0.15) is 10.4 Å². The van der Waals surface area contributed by atoms with Crippen molar-refractivity contribution >= 4 is 46.3 Å². The average Bonchev–Trinajstić information content (AvgIpc) is 2.82. The zero-order valence-corrected chi connectivity index (χ0v) is 15.9. The van der Waals surface area contributed by atoms with Crippen LogP contribution in [-0.4, -0.2) is 46.5 Å². The Morgan fingerprint density at radius 2 is 2.00 bits per heavy atom. The maximum atomic E-state index is 12.7. The van der Waals surface area contributed by atoms with Crippen molar-refractivity contribution in [2.45, 2.75) is 19.9 Å². The maximum Gasteiger partial charge on any atom is 0.327 e. The molecule has 1 unspecified atom stereocenters. The van der Waals surface area contributed by atoms with Gasteiger partial charge in [0.25, 0.3) is 5.91 Å². The molecule has 1 aliphatic rings. The topological polar surface area (TPSA) is 76.1 Å². The van der Waals surface area contributed by atoms with E-state index in [1.54, 1.807) is 38.1 Å². The number of hydrogen-bond acceptors (Lipinski definition) is 6. The van der Waals surface area contributed by atoms with Gasteiger partial charge in [0.15, 0.2) is 11.5 Å². The molecule has 1 fully saturated rings. The molecule has 0 aromatic heterocycles. The number of methoxy groups -OCH3 is 2. The summed E-state index contributed by atoms with van der Waals surface area (Å²) in [4.78, 5) is 25.8. The molecule has 0 spiro atoms. The highest BCUT2D eigenvalue weighted by molar-refractivity contribution is 8.26. The first-order chi connectivity index (χ1) is 11.8. The van der Waals surface area contributed by atoms with Crippen LogP contribution in [0.4, 0.5) is 0 Å². The Morgan fingerprint density at radius 1 is 1.32 bits per heavy atom. The van der Waals surface area contributed by atoms with E-state index in [4.69, 9.17) is 21.7 Å². The van der Waals surface area contributed by atoms with Crippen molar-refractivity contribution in [3.05, 3.63) is 28.7 Å². The number of rotatable bonds is 6. The van der Waals surface area contributed by atoms with Crippen LogP contribution in [0.1, 0.15) is 19.4 Å². The quantitative estimate of drug-likeness (QED) is 0.599.